The van der Waals surface area contributed by atoms with Crippen LogP contribution in [0.5, 0.6) is 5.75 Å². The van der Waals surface area contributed by atoms with Gasteiger partial charge in [-0.15, -0.1) is 0 Å². The summed E-state index contributed by atoms with van der Waals surface area (Å²) in [6.45, 7) is 2.42. The fourth-order valence-corrected chi connectivity index (χ4v) is 4.53. The first kappa shape index (κ1) is 21.8. The summed E-state index contributed by atoms with van der Waals surface area (Å²) in [6.07, 6.45) is 4.35. The minimum Gasteiger partial charge on any atom is -0.492 e. The summed E-state index contributed by atoms with van der Waals surface area (Å²) in [7, 11) is 0. The van der Waals surface area contributed by atoms with E-state index in [2.05, 4.69) is 4.98 Å². The van der Waals surface area contributed by atoms with Gasteiger partial charge in [0.05, 0.1) is 12.2 Å². The van der Waals surface area contributed by atoms with E-state index in [1.54, 1.807) is 52.4 Å². The first-order chi connectivity index (χ1) is 15.5. The second-order valence-corrected chi connectivity index (χ2v) is 8.35. The topological polar surface area (TPSA) is 106 Å². The first-order valence-corrected chi connectivity index (χ1v) is 11.0. The summed E-state index contributed by atoms with van der Waals surface area (Å²) in [5, 5.41) is 0. The Kier molecular flexibility index (Phi) is 6.39. The van der Waals surface area contributed by atoms with E-state index < -0.39 is 11.3 Å². The molecule has 2 saturated heterocycles. The quantitative estimate of drug-likeness (QED) is 0.712. The number of hydrogen-bond acceptors (Lipinski definition) is 5. The smallest absolute Gasteiger partial charge is 0.254 e. The lowest BCUT2D eigenvalue weighted by Gasteiger charge is -2.40. The number of nitrogens with zero attached hydrogens (tertiary/aromatic N) is 3. The van der Waals surface area contributed by atoms with Crippen LogP contribution in [0.15, 0.2) is 48.7 Å². The number of carbonyl (C=O) groups excluding carboxylic acids is 3. The minimum absolute atomic E-state index is 0.161. The van der Waals surface area contributed by atoms with Crippen LogP contribution in [0.3, 0.4) is 0 Å². The average Bonchev–Trinajstić information content (AvgIpc) is 3.24. The number of nitrogens with two attached hydrogens (primary N) is 1. The monoisotopic (exact) mass is 436 g/mol. The van der Waals surface area contributed by atoms with Gasteiger partial charge in [-0.25, -0.2) is 0 Å². The standard InChI is InChI=1S/C24H28N4O4/c25-23(31)24(20-8-1-2-11-26-20)10-5-13-28(17-24)22(30)18-6-3-7-19(16-18)32-15-14-27-12-4-9-21(27)29/h1-3,6-8,11,16H,4-5,9-10,12-15,17H2,(H2,25,31)/t24-/m0/s1. The maximum atomic E-state index is 13.3. The number of rotatable bonds is 7. The molecule has 2 N–H and O–H groups in total. The van der Waals surface area contributed by atoms with E-state index in [9.17, 15) is 14.4 Å². The Hall–Kier alpha value is -3.42. The van der Waals surface area contributed by atoms with E-state index >= 15 is 0 Å². The first-order valence-electron chi connectivity index (χ1n) is 11.0. The molecule has 1 aromatic heterocycles. The zero-order valence-electron chi connectivity index (χ0n) is 18.0. The molecular weight excluding hydrogens is 408 g/mol. The van der Waals surface area contributed by atoms with Gasteiger partial charge in [0.2, 0.25) is 11.8 Å². The highest BCUT2D eigenvalue weighted by Gasteiger charge is 2.44. The Morgan fingerprint density at radius 3 is 2.72 bits per heavy atom. The molecule has 3 amide bonds. The number of primary amides is 1. The van der Waals surface area contributed by atoms with Gasteiger partial charge in [0.25, 0.3) is 5.91 Å². The van der Waals surface area contributed by atoms with E-state index in [0.717, 1.165) is 13.0 Å². The molecule has 0 saturated carbocycles. The number of ether oxygens (including phenoxy) is 1. The molecule has 2 aliphatic rings. The highest BCUT2D eigenvalue weighted by molar-refractivity contribution is 5.96. The molecule has 0 aliphatic carbocycles. The summed E-state index contributed by atoms with van der Waals surface area (Å²) in [6, 6.07) is 12.4. The molecule has 0 bridgehead atoms. The van der Waals surface area contributed by atoms with E-state index in [0.29, 0.717) is 56.0 Å². The van der Waals surface area contributed by atoms with Crippen LogP contribution >= 0.6 is 0 Å². The van der Waals surface area contributed by atoms with Crippen molar-refractivity contribution >= 4 is 17.7 Å². The second-order valence-electron chi connectivity index (χ2n) is 8.35. The normalized spacial score (nSPS) is 20.9. The molecule has 3 heterocycles. The lowest BCUT2D eigenvalue weighted by atomic mass is 9.76. The number of benzene rings is 1. The van der Waals surface area contributed by atoms with Crippen LogP contribution in [0, 0.1) is 0 Å². The predicted molar refractivity (Wildman–Crippen MR) is 118 cm³/mol. The number of carbonyl (C=O) groups is 3. The molecule has 168 valence electrons. The van der Waals surface area contributed by atoms with Crippen molar-refractivity contribution in [3.63, 3.8) is 0 Å². The number of pyridine rings is 1. The molecule has 1 atom stereocenters. The largest absolute Gasteiger partial charge is 0.492 e. The Bertz CT molecular complexity index is 997. The Labute approximate surface area is 187 Å². The third kappa shape index (κ3) is 4.44. The maximum absolute atomic E-state index is 13.3. The highest BCUT2D eigenvalue weighted by atomic mass is 16.5. The summed E-state index contributed by atoms with van der Waals surface area (Å²) in [5.74, 6) is 0.0903. The molecule has 2 aliphatic heterocycles. The SMILES string of the molecule is NC(=O)[C@@]1(c2ccccn2)CCCN(C(=O)c2cccc(OCCN3CCCC3=O)c2)C1. The van der Waals surface area contributed by atoms with Gasteiger partial charge in [0.15, 0.2) is 0 Å². The van der Waals surface area contributed by atoms with Crippen molar-refractivity contribution in [2.24, 2.45) is 5.73 Å². The van der Waals surface area contributed by atoms with E-state index in [-0.39, 0.29) is 18.4 Å². The molecule has 1 aromatic carbocycles. The fourth-order valence-electron chi connectivity index (χ4n) is 4.53. The Balaban J connectivity index is 1.45. The lowest BCUT2D eigenvalue weighted by Crippen LogP contribution is -2.55. The van der Waals surface area contributed by atoms with Crippen molar-refractivity contribution < 1.29 is 19.1 Å². The van der Waals surface area contributed by atoms with Crippen molar-refractivity contribution in [2.45, 2.75) is 31.1 Å². The van der Waals surface area contributed by atoms with Crippen molar-refractivity contribution in [1.82, 2.24) is 14.8 Å². The summed E-state index contributed by atoms with van der Waals surface area (Å²) < 4.78 is 5.79. The zero-order valence-corrected chi connectivity index (χ0v) is 18.0. The molecular formula is C24H28N4O4. The summed E-state index contributed by atoms with van der Waals surface area (Å²) in [5.41, 5.74) is 5.90. The van der Waals surface area contributed by atoms with Gasteiger partial charge in [-0.05, 0) is 49.6 Å². The van der Waals surface area contributed by atoms with Crippen molar-refractivity contribution in [3.8, 4) is 5.75 Å². The highest BCUT2D eigenvalue weighted by Crippen LogP contribution is 2.33. The van der Waals surface area contributed by atoms with Gasteiger partial charge in [0, 0.05) is 37.8 Å². The van der Waals surface area contributed by atoms with Gasteiger partial charge >= 0.3 is 0 Å². The Morgan fingerprint density at radius 2 is 2.00 bits per heavy atom. The molecule has 8 nitrogen and oxygen atoms in total. The molecule has 8 heteroatoms. The van der Waals surface area contributed by atoms with Gasteiger partial charge in [0.1, 0.15) is 17.8 Å². The van der Waals surface area contributed by atoms with Crippen molar-refractivity contribution in [2.75, 3.05) is 32.8 Å². The van der Waals surface area contributed by atoms with E-state index in [4.69, 9.17) is 10.5 Å². The number of aromatic nitrogens is 1. The third-order valence-corrected chi connectivity index (χ3v) is 6.29. The maximum Gasteiger partial charge on any atom is 0.254 e. The van der Waals surface area contributed by atoms with E-state index in [1.807, 2.05) is 6.07 Å². The lowest BCUT2D eigenvalue weighted by molar-refractivity contribution is -0.128. The van der Waals surface area contributed by atoms with Gasteiger partial charge in [-0.1, -0.05) is 12.1 Å². The van der Waals surface area contributed by atoms with Gasteiger partial charge in [-0.2, -0.15) is 0 Å². The third-order valence-electron chi connectivity index (χ3n) is 6.29. The Morgan fingerprint density at radius 1 is 1.12 bits per heavy atom. The van der Waals surface area contributed by atoms with Gasteiger partial charge in [-0.3, -0.25) is 19.4 Å². The number of amides is 3. The van der Waals surface area contributed by atoms with Crippen LogP contribution in [0.25, 0.3) is 0 Å². The average molecular weight is 437 g/mol. The number of hydrogen-bond donors (Lipinski definition) is 1. The van der Waals surface area contributed by atoms with Crippen LogP contribution < -0.4 is 10.5 Å². The molecule has 4 rings (SSSR count). The fraction of sp³-hybridized carbons (Fsp3) is 0.417. The van der Waals surface area contributed by atoms with Crippen LogP contribution in [0.2, 0.25) is 0 Å². The number of likely N-dealkylation sites (tertiary alicyclic amines) is 2. The van der Waals surface area contributed by atoms with Crippen molar-refractivity contribution in [3.05, 3.63) is 59.9 Å². The minimum atomic E-state index is -0.994. The molecule has 0 spiro atoms. The zero-order chi connectivity index (χ0) is 22.6. The summed E-state index contributed by atoms with van der Waals surface area (Å²) >= 11 is 0. The van der Waals surface area contributed by atoms with Gasteiger partial charge < -0.3 is 20.3 Å². The van der Waals surface area contributed by atoms with Crippen LogP contribution in [0.4, 0.5) is 0 Å². The molecule has 0 unspecified atom stereocenters. The molecule has 32 heavy (non-hydrogen) atoms. The predicted octanol–water partition coefficient (Wildman–Crippen LogP) is 1.74. The van der Waals surface area contributed by atoms with Crippen LogP contribution in [-0.4, -0.2) is 65.3 Å². The second kappa shape index (κ2) is 9.38. The van der Waals surface area contributed by atoms with Crippen LogP contribution in [-0.2, 0) is 15.0 Å². The van der Waals surface area contributed by atoms with Crippen LogP contribution in [0.1, 0.15) is 41.7 Å². The van der Waals surface area contributed by atoms with Crippen molar-refractivity contribution in [1.29, 1.82) is 0 Å². The van der Waals surface area contributed by atoms with E-state index in [1.165, 1.54) is 0 Å². The summed E-state index contributed by atoms with van der Waals surface area (Å²) in [4.78, 5) is 45.3. The molecule has 0 radical (unpaired) electrons. The number of piperidine rings is 1. The molecule has 2 aromatic rings. The molecule has 2 fully saturated rings.